The van der Waals surface area contributed by atoms with Gasteiger partial charge in [0.25, 0.3) is 0 Å². The van der Waals surface area contributed by atoms with Crippen molar-refractivity contribution in [2.24, 2.45) is 5.73 Å². The topological polar surface area (TPSA) is 38.9 Å². The van der Waals surface area contributed by atoms with Gasteiger partial charge in [-0.3, -0.25) is 4.98 Å². The van der Waals surface area contributed by atoms with Crippen molar-refractivity contribution in [3.05, 3.63) is 65.0 Å². The monoisotopic (exact) mass is 280 g/mol. The number of hydrogen-bond acceptors (Lipinski definition) is 2. The zero-order valence-corrected chi connectivity index (χ0v) is 11.0. The summed E-state index contributed by atoms with van der Waals surface area (Å²) < 4.78 is 37.4. The predicted molar refractivity (Wildman–Crippen MR) is 71.1 cm³/mol. The minimum absolute atomic E-state index is 0.422. The van der Waals surface area contributed by atoms with E-state index in [0.717, 1.165) is 29.8 Å². The molecule has 1 aromatic heterocycles. The van der Waals surface area contributed by atoms with E-state index in [0.29, 0.717) is 5.69 Å². The van der Waals surface area contributed by atoms with Crippen LogP contribution in [-0.4, -0.2) is 4.98 Å². The van der Waals surface area contributed by atoms with Crippen LogP contribution in [0.2, 0.25) is 0 Å². The van der Waals surface area contributed by atoms with Gasteiger partial charge in [0.2, 0.25) is 0 Å². The van der Waals surface area contributed by atoms with Crippen LogP contribution in [0.5, 0.6) is 0 Å². The fourth-order valence-electron chi connectivity index (χ4n) is 1.93. The maximum Gasteiger partial charge on any atom is 0.417 e. The van der Waals surface area contributed by atoms with Crippen LogP contribution in [0.4, 0.5) is 13.2 Å². The highest BCUT2D eigenvalue weighted by molar-refractivity contribution is 5.32. The minimum atomic E-state index is -4.38. The third-order valence-corrected chi connectivity index (χ3v) is 3.15. The molecule has 0 bridgehead atoms. The summed E-state index contributed by atoms with van der Waals surface area (Å²) >= 11 is 0. The van der Waals surface area contributed by atoms with Gasteiger partial charge in [-0.1, -0.05) is 31.2 Å². The maximum atomic E-state index is 12.5. The van der Waals surface area contributed by atoms with Crippen LogP contribution in [0.25, 0.3) is 0 Å². The molecule has 0 amide bonds. The molecule has 0 radical (unpaired) electrons. The summed E-state index contributed by atoms with van der Waals surface area (Å²) in [7, 11) is 0. The number of hydrogen-bond donors (Lipinski definition) is 1. The van der Waals surface area contributed by atoms with E-state index in [2.05, 4.69) is 4.98 Å². The summed E-state index contributed by atoms with van der Waals surface area (Å²) in [5, 5.41) is 0. The molecule has 2 rings (SSSR count). The largest absolute Gasteiger partial charge is 0.417 e. The predicted octanol–water partition coefficient (Wildman–Crippen LogP) is 3.71. The molecule has 2 nitrogen and oxygen atoms in total. The average molecular weight is 280 g/mol. The highest BCUT2D eigenvalue weighted by atomic mass is 19.4. The summed E-state index contributed by atoms with van der Waals surface area (Å²) in [4.78, 5) is 3.83. The standard InChI is InChI=1S/C15H15F3N2/c1-2-10-4-3-5-11(8-10)14(19)13-7-6-12(9-20-13)15(16,17)18/h3-9,14H,2,19H2,1H3. The summed E-state index contributed by atoms with van der Waals surface area (Å²) in [5.74, 6) is 0. The van der Waals surface area contributed by atoms with Crippen LogP contribution in [0, 0.1) is 0 Å². The van der Waals surface area contributed by atoms with Crippen molar-refractivity contribution < 1.29 is 13.2 Å². The minimum Gasteiger partial charge on any atom is -0.319 e. The first-order valence-electron chi connectivity index (χ1n) is 6.29. The van der Waals surface area contributed by atoms with Gasteiger partial charge in [0.1, 0.15) is 0 Å². The van der Waals surface area contributed by atoms with Crippen molar-refractivity contribution in [2.45, 2.75) is 25.6 Å². The Morgan fingerprint density at radius 2 is 1.95 bits per heavy atom. The van der Waals surface area contributed by atoms with E-state index in [1.165, 1.54) is 6.07 Å². The molecule has 2 N–H and O–H groups in total. The first-order valence-corrected chi connectivity index (χ1v) is 6.29. The number of aryl methyl sites for hydroxylation is 1. The summed E-state index contributed by atoms with van der Waals surface area (Å²) in [6.45, 7) is 2.03. The molecule has 0 saturated carbocycles. The van der Waals surface area contributed by atoms with Crippen molar-refractivity contribution in [1.29, 1.82) is 0 Å². The van der Waals surface area contributed by atoms with Crippen LogP contribution < -0.4 is 5.73 Å². The van der Waals surface area contributed by atoms with E-state index >= 15 is 0 Å². The molecule has 2 aromatic rings. The third-order valence-electron chi connectivity index (χ3n) is 3.15. The van der Waals surface area contributed by atoms with E-state index < -0.39 is 17.8 Å². The Bertz CT molecular complexity index is 576. The lowest BCUT2D eigenvalue weighted by Gasteiger charge is -2.14. The lowest BCUT2D eigenvalue weighted by atomic mass is 10.0. The zero-order valence-electron chi connectivity index (χ0n) is 11.0. The van der Waals surface area contributed by atoms with E-state index in [1.807, 2.05) is 31.2 Å². The Kier molecular flexibility index (Phi) is 4.09. The van der Waals surface area contributed by atoms with Gasteiger partial charge in [-0.15, -0.1) is 0 Å². The maximum absolute atomic E-state index is 12.5. The molecule has 0 aliphatic heterocycles. The molecule has 106 valence electrons. The molecular weight excluding hydrogens is 265 g/mol. The summed E-state index contributed by atoms with van der Waals surface area (Å²) in [5.41, 5.74) is 7.68. The van der Waals surface area contributed by atoms with Crippen LogP contribution >= 0.6 is 0 Å². The van der Waals surface area contributed by atoms with Gasteiger partial charge in [0, 0.05) is 6.20 Å². The molecule has 1 heterocycles. The summed E-state index contributed by atoms with van der Waals surface area (Å²) in [6.07, 6.45) is -2.68. The Balaban J connectivity index is 2.26. The van der Waals surface area contributed by atoms with Crippen LogP contribution in [0.1, 0.15) is 35.3 Å². The number of nitrogens with zero attached hydrogens (tertiary/aromatic N) is 1. The SMILES string of the molecule is CCc1cccc(C(N)c2ccc(C(F)(F)F)cn2)c1. The van der Waals surface area contributed by atoms with Crippen LogP contribution in [0.15, 0.2) is 42.6 Å². The lowest BCUT2D eigenvalue weighted by molar-refractivity contribution is -0.137. The van der Waals surface area contributed by atoms with Crippen molar-refractivity contribution in [3.8, 4) is 0 Å². The van der Waals surface area contributed by atoms with Gasteiger partial charge in [0.05, 0.1) is 17.3 Å². The highest BCUT2D eigenvalue weighted by Crippen LogP contribution is 2.29. The molecule has 0 saturated heterocycles. The second-order valence-electron chi connectivity index (χ2n) is 4.55. The first-order chi connectivity index (χ1) is 9.41. The smallest absolute Gasteiger partial charge is 0.319 e. The molecule has 1 atom stereocenters. The fraction of sp³-hybridized carbons (Fsp3) is 0.267. The number of pyridine rings is 1. The van der Waals surface area contributed by atoms with Crippen molar-refractivity contribution in [1.82, 2.24) is 4.98 Å². The van der Waals surface area contributed by atoms with Crippen LogP contribution in [-0.2, 0) is 12.6 Å². The van der Waals surface area contributed by atoms with Gasteiger partial charge >= 0.3 is 6.18 Å². The highest BCUT2D eigenvalue weighted by Gasteiger charge is 2.30. The van der Waals surface area contributed by atoms with Crippen molar-refractivity contribution in [3.63, 3.8) is 0 Å². The van der Waals surface area contributed by atoms with E-state index in [-0.39, 0.29) is 0 Å². The number of nitrogens with two attached hydrogens (primary N) is 1. The molecular formula is C15H15F3N2. The Labute approximate surface area is 115 Å². The second kappa shape index (κ2) is 5.63. The molecule has 5 heteroatoms. The number of benzene rings is 1. The van der Waals surface area contributed by atoms with Gasteiger partial charge in [0.15, 0.2) is 0 Å². The fourth-order valence-corrected chi connectivity index (χ4v) is 1.93. The molecule has 20 heavy (non-hydrogen) atoms. The molecule has 1 unspecified atom stereocenters. The molecule has 0 fully saturated rings. The molecule has 0 aliphatic carbocycles. The van der Waals surface area contributed by atoms with E-state index in [1.54, 1.807) is 0 Å². The Hall–Kier alpha value is -1.88. The number of aromatic nitrogens is 1. The normalized spacial score (nSPS) is 13.2. The quantitative estimate of drug-likeness (QED) is 0.930. The molecule has 0 aliphatic rings. The van der Waals surface area contributed by atoms with Crippen molar-refractivity contribution in [2.75, 3.05) is 0 Å². The number of rotatable bonds is 3. The second-order valence-corrected chi connectivity index (χ2v) is 4.55. The summed E-state index contributed by atoms with van der Waals surface area (Å²) in [6, 6.07) is 9.48. The number of alkyl halides is 3. The third kappa shape index (κ3) is 3.17. The van der Waals surface area contributed by atoms with E-state index in [4.69, 9.17) is 5.73 Å². The van der Waals surface area contributed by atoms with Gasteiger partial charge in [-0.25, -0.2) is 0 Å². The van der Waals surface area contributed by atoms with Gasteiger partial charge < -0.3 is 5.73 Å². The van der Waals surface area contributed by atoms with Gasteiger partial charge in [-0.2, -0.15) is 13.2 Å². The zero-order chi connectivity index (χ0) is 14.8. The lowest BCUT2D eigenvalue weighted by Crippen LogP contribution is -2.15. The average Bonchev–Trinajstić information content (AvgIpc) is 2.46. The number of halogens is 3. The Morgan fingerprint density at radius 1 is 1.20 bits per heavy atom. The Morgan fingerprint density at radius 3 is 2.50 bits per heavy atom. The van der Waals surface area contributed by atoms with Gasteiger partial charge in [-0.05, 0) is 29.7 Å². The van der Waals surface area contributed by atoms with E-state index in [9.17, 15) is 13.2 Å². The molecule has 1 aromatic carbocycles. The van der Waals surface area contributed by atoms with Crippen LogP contribution in [0.3, 0.4) is 0 Å². The van der Waals surface area contributed by atoms with Crippen molar-refractivity contribution >= 4 is 0 Å². The molecule has 0 spiro atoms. The first kappa shape index (κ1) is 14.5.